The lowest BCUT2D eigenvalue weighted by molar-refractivity contribution is 1.32. The van der Waals surface area contributed by atoms with Crippen LogP contribution >= 0.6 is 0 Å². The maximum atomic E-state index is 4.93. The summed E-state index contributed by atoms with van der Waals surface area (Å²) in [5.74, 6) is 0. The zero-order valence-corrected chi connectivity index (χ0v) is 14.3. The van der Waals surface area contributed by atoms with E-state index in [0.29, 0.717) is 0 Å². The molecule has 3 aromatic carbocycles. The Morgan fingerprint density at radius 3 is 2.04 bits per heavy atom. The van der Waals surface area contributed by atoms with Gasteiger partial charge in [0.2, 0.25) is 0 Å². The van der Waals surface area contributed by atoms with Gasteiger partial charge in [-0.05, 0) is 30.3 Å². The number of hydrogen-bond donors (Lipinski definition) is 0. The van der Waals surface area contributed by atoms with Gasteiger partial charge in [0.05, 0.1) is 17.1 Å². The molecule has 124 valence electrons. The van der Waals surface area contributed by atoms with Crippen LogP contribution in [0.5, 0.6) is 0 Å². The van der Waals surface area contributed by atoms with E-state index in [4.69, 9.17) is 4.99 Å². The van der Waals surface area contributed by atoms with Crippen LogP contribution in [0.1, 0.15) is 11.1 Å². The predicted molar refractivity (Wildman–Crippen MR) is 108 cm³/mol. The molecule has 0 aliphatic rings. The number of nitrogens with zero attached hydrogens (tertiary/aromatic N) is 2. The molecule has 0 saturated heterocycles. The van der Waals surface area contributed by atoms with Crippen molar-refractivity contribution in [1.29, 1.82) is 0 Å². The second-order valence-corrected chi connectivity index (χ2v) is 5.96. The monoisotopic (exact) mass is 334 g/mol. The average molecular weight is 334 g/mol. The highest BCUT2D eigenvalue weighted by atomic mass is 14.7. The minimum atomic E-state index is 0.939. The van der Waals surface area contributed by atoms with Crippen molar-refractivity contribution in [1.82, 2.24) is 4.98 Å². The van der Waals surface area contributed by atoms with Crippen molar-refractivity contribution >= 4 is 11.4 Å². The Balaban J connectivity index is 1.84. The van der Waals surface area contributed by atoms with Crippen molar-refractivity contribution < 1.29 is 0 Å². The number of para-hydroxylation sites is 1. The molecule has 0 atom stereocenters. The van der Waals surface area contributed by atoms with Gasteiger partial charge in [-0.3, -0.25) is 4.98 Å². The Hall–Kier alpha value is -3.52. The third-order valence-corrected chi connectivity index (χ3v) is 4.14. The van der Waals surface area contributed by atoms with Crippen LogP contribution in [0, 0.1) is 0 Å². The second-order valence-electron chi connectivity index (χ2n) is 5.96. The van der Waals surface area contributed by atoms with Crippen LogP contribution in [0.2, 0.25) is 0 Å². The summed E-state index contributed by atoms with van der Waals surface area (Å²) >= 11 is 0. The van der Waals surface area contributed by atoms with E-state index < -0.39 is 0 Å². The molecule has 2 heteroatoms. The van der Waals surface area contributed by atoms with Gasteiger partial charge in [-0.25, -0.2) is 4.99 Å². The Morgan fingerprint density at radius 2 is 1.31 bits per heavy atom. The minimum absolute atomic E-state index is 0.939. The lowest BCUT2D eigenvalue weighted by Crippen LogP contribution is -2.03. The van der Waals surface area contributed by atoms with E-state index in [1.807, 2.05) is 72.9 Å². The van der Waals surface area contributed by atoms with Crippen LogP contribution in [0.3, 0.4) is 0 Å². The van der Waals surface area contributed by atoms with Gasteiger partial charge in [-0.1, -0.05) is 72.8 Å². The summed E-state index contributed by atoms with van der Waals surface area (Å²) in [6, 6.07) is 34.7. The van der Waals surface area contributed by atoms with Crippen LogP contribution in [0.25, 0.3) is 11.3 Å². The largest absolute Gasteiger partial charge is 0.256 e. The van der Waals surface area contributed by atoms with Gasteiger partial charge < -0.3 is 0 Å². The standard InChI is InChI=1S/C24H18N2/c1-3-10-19(11-4-1)24(26-22-14-5-2-6-15-22)21-13-9-12-20(18-21)23-16-7-8-17-25-23/h1-18H. The van der Waals surface area contributed by atoms with Crippen molar-refractivity contribution in [3.05, 3.63) is 120 Å². The normalized spacial score (nSPS) is 11.3. The van der Waals surface area contributed by atoms with Gasteiger partial charge in [0, 0.05) is 22.9 Å². The van der Waals surface area contributed by atoms with Crippen LogP contribution in [-0.4, -0.2) is 10.7 Å². The molecule has 0 radical (unpaired) electrons. The smallest absolute Gasteiger partial charge is 0.0781 e. The van der Waals surface area contributed by atoms with E-state index in [0.717, 1.165) is 33.8 Å². The summed E-state index contributed by atoms with van der Waals surface area (Å²) in [6.07, 6.45) is 1.82. The van der Waals surface area contributed by atoms with Crippen molar-refractivity contribution in [2.24, 2.45) is 4.99 Å². The molecule has 0 unspecified atom stereocenters. The molecule has 0 aliphatic heterocycles. The molecule has 4 aromatic rings. The lowest BCUT2D eigenvalue weighted by Gasteiger charge is -2.10. The Labute approximate surface area is 153 Å². The van der Waals surface area contributed by atoms with Crippen LogP contribution in [0.4, 0.5) is 5.69 Å². The topological polar surface area (TPSA) is 25.2 Å². The van der Waals surface area contributed by atoms with Crippen LogP contribution < -0.4 is 0 Å². The Morgan fingerprint density at radius 1 is 0.615 bits per heavy atom. The highest BCUT2D eigenvalue weighted by Gasteiger charge is 2.09. The van der Waals surface area contributed by atoms with Crippen molar-refractivity contribution in [2.75, 3.05) is 0 Å². The van der Waals surface area contributed by atoms with E-state index in [2.05, 4.69) is 41.4 Å². The molecule has 1 heterocycles. The van der Waals surface area contributed by atoms with E-state index in [-0.39, 0.29) is 0 Å². The molecule has 1 aromatic heterocycles. The first-order valence-corrected chi connectivity index (χ1v) is 8.61. The number of aromatic nitrogens is 1. The molecule has 26 heavy (non-hydrogen) atoms. The molecule has 0 N–H and O–H groups in total. The first-order valence-electron chi connectivity index (χ1n) is 8.61. The maximum absolute atomic E-state index is 4.93. The van der Waals surface area contributed by atoms with Gasteiger partial charge in [-0.2, -0.15) is 0 Å². The van der Waals surface area contributed by atoms with Crippen LogP contribution in [0.15, 0.2) is 114 Å². The van der Waals surface area contributed by atoms with Gasteiger partial charge in [0.15, 0.2) is 0 Å². The van der Waals surface area contributed by atoms with Gasteiger partial charge in [0.25, 0.3) is 0 Å². The van der Waals surface area contributed by atoms with Crippen molar-refractivity contribution in [2.45, 2.75) is 0 Å². The molecule has 0 fully saturated rings. The third-order valence-electron chi connectivity index (χ3n) is 4.14. The summed E-state index contributed by atoms with van der Waals surface area (Å²) < 4.78 is 0. The molecule has 0 bridgehead atoms. The minimum Gasteiger partial charge on any atom is -0.256 e. The van der Waals surface area contributed by atoms with Crippen LogP contribution in [-0.2, 0) is 0 Å². The zero-order valence-electron chi connectivity index (χ0n) is 14.3. The summed E-state index contributed by atoms with van der Waals surface area (Å²) in [6.45, 7) is 0. The maximum Gasteiger partial charge on any atom is 0.0781 e. The number of pyridine rings is 1. The Kier molecular flexibility index (Phi) is 4.66. The van der Waals surface area contributed by atoms with Crippen molar-refractivity contribution in [3.63, 3.8) is 0 Å². The molecule has 0 amide bonds. The first kappa shape index (κ1) is 16.0. The fraction of sp³-hybridized carbons (Fsp3) is 0. The molecule has 0 saturated carbocycles. The number of rotatable bonds is 4. The fourth-order valence-electron chi connectivity index (χ4n) is 2.88. The first-order chi connectivity index (χ1) is 12.9. The Bertz CT molecular complexity index is 1010. The van der Waals surface area contributed by atoms with E-state index >= 15 is 0 Å². The van der Waals surface area contributed by atoms with Crippen molar-refractivity contribution in [3.8, 4) is 11.3 Å². The summed E-state index contributed by atoms with van der Waals surface area (Å²) in [4.78, 5) is 9.40. The second kappa shape index (κ2) is 7.58. The van der Waals surface area contributed by atoms with Gasteiger partial charge >= 0.3 is 0 Å². The molecule has 2 nitrogen and oxygen atoms in total. The highest BCUT2D eigenvalue weighted by Crippen LogP contribution is 2.22. The predicted octanol–water partition coefficient (Wildman–Crippen LogP) is 5.92. The summed E-state index contributed by atoms with van der Waals surface area (Å²) in [7, 11) is 0. The summed E-state index contributed by atoms with van der Waals surface area (Å²) in [5.41, 5.74) is 6.10. The van der Waals surface area contributed by atoms with E-state index in [1.165, 1.54) is 0 Å². The SMILES string of the molecule is c1ccc(N=C(c2ccccc2)c2cccc(-c3ccccn3)c2)cc1. The molecule has 0 aliphatic carbocycles. The number of aliphatic imine (C=N–C) groups is 1. The number of hydrogen-bond acceptors (Lipinski definition) is 2. The molecular weight excluding hydrogens is 316 g/mol. The van der Waals surface area contributed by atoms with E-state index in [1.54, 1.807) is 0 Å². The quantitative estimate of drug-likeness (QED) is 0.425. The van der Waals surface area contributed by atoms with E-state index in [9.17, 15) is 0 Å². The third kappa shape index (κ3) is 3.60. The molecule has 0 spiro atoms. The molecular formula is C24H18N2. The highest BCUT2D eigenvalue weighted by molar-refractivity contribution is 6.14. The lowest BCUT2D eigenvalue weighted by atomic mass is 9.99. The van der Waals surface area contributed by atoms with Gasteiger partial charge in [0.1, 0.15) is 0 Å². The number of benzene rings is 3. The average Bonchev–Trinajstić information content (AvgIpc) is 2.74. The molecule has 4 rings (SSSR count). The fourth-order valence-corrected chi connectivity index (χ4v) is 2.88. The summed E-state index contributed by atoms with van der Waals surface area (Å²) in [5, 5.41) is 0. The van der Waals surface area contributed by atoms with Gasteiger partial charge in [-0.15, -0.1) is 0 Å². The zero-order chi connectivity index (χ0) is 17.6.